The number of benzene rings is 1. The summed E-state index contributed by atoms with van der Waals surface area (Å²) in [4.78, 5) is 12.2. The SMILES string of the molecule is CC(CC(=O)NCCCc1cc(N)n(-c2ccccc2)n1)C1CCNCC1.Cl.Cl. The van der Waals surface area contributed by atoms with Gasteiger partial charge in [0.1, 0.15) is 5.82 Å². The number of carbonyl (C=O) groups excluding carboxylic acids is 1. The van der Waals surface area contributed by atoms with Crippen LogP contribution in [-0.4, -0.2) is 35.3 Å². The van der Waals surface area contributed by atoms with E-state index in [1.165, 1.54) is 12.8 Å². The number of aryl methyl sites for hydroxylation is 1. The summed E-state index contributed by atoms with van der Waals surface area (Å²) in [5, 5.41) is 11.0. The molecule has 162 valence electrons. The number of rotatable bonds is 8. The smallest absolute Gasteiger partial charge is 0.220 e. The third kappa shape index (κ3) is 7.53. The summed E-state index contributed by atoms with van der Waals surface area (Å²) in [5.41, 5.74) is 7.99. The molecule has 1 unspecified atom stereocenters. The minimum Gasteiger partial charge on any atom is -0.384 e. The van der Waals surface area contributed by atoms with Crippen LogP contribution in [0.5, 0.6) is 0 Å². The van der Waals surface area contributed by atoms with Crippen LogP contribution in [0.2, 0.25) is 0 Å². The van der Waals surface area contributed by atoms with E-state index in [-0.39, 0.29) is 30.7 Å². The van der Waals surface area contributed by atoms with Crippen molar-refractivity contribution in [3.05, 3.63) is 42.1 Å². The van der Waals surface area contributed by atoms with Crippen LogP contribution in [0.4, 0.5) is 5.82 Å². The summed E-state index contributed by atoms with van der Waals surface area (Å²) in [6, 6.07) is 11.8. The van der Waals surface area contributed by atoms with E-state index >= 15 is 0 Å². The Kier molecular flexibility index (Phi) is 11.1. The third-order valence-electron chi connectivity index (χ3n) is 5.42. The molecular formula is C21H33Cl2N5O. The van der Waals surface area contributed by atoms with Crippen molar-refractivity contribution >= 4 is 36.5 Å². The average Bonchev–Trinajstić information content (AvgIpc) is 3.07. The topological polar surface area (TPSA) is 85.0 Å². The van der Waals surface area contributed by atoms with Gasteiger partial charge in [-0.05, 0) is 62.7 Å². The average molecular weight is 442 g/mol. The Morgan fingerprint density at radius 2 is 1.97 bits per heavy atom. The largest absolute Gasteiger partial charge is 0.384 e. The van der Waals surface area contributed by atoms with Gasteiger partial charge in [-0.1, -0.05) is 25.1 Å². The van der Waals surface area contributed by atoms with E-state index in [4.69, 9.17) is 5.73 Å². The second-order valence-corrected chi connectivity index (χ2v) is 7.53. The van der Waals surface area contributed by atoms with Crippen LogP contribution in [0, 0.1) is 11.8 Å². The van der Waals surface area contributed by atoms with Crippen molar-refractivity contribution in [1.29, 1.82) is 0 Å². The van der Waals surface area contributed by atoms with E-state index in [0.29, 0.717) is 30.6 Å². The molecule has 2 heterocycles. The molecule has 4 N–H and O–H groups in total. The Morgan fingerprint density at radius 1 is 1.28 bits per heavy atom. The van der Waals surface area contributed by atoms with Gasteiger partial charge in [0.05, 0.1) is 11.4 Å². The van der Waals surface area contributed by atoms with Crippen LogP contribution in [0.1, 0.15) is 38.3 Å². The highest BCUT2D eigenvalue weighted by atomic mass is 35.5. The lowest BCUT2D eigenvalue weighted by molar-refractivity contribution is -0.122. The van der Waals surface area contributed by atoms with Crippen molar-refractivity contribution in [3.63, 3.8) is 0 Å². The predicted octanol–water partition coefficient (Wildman–Crippen LogP) is 3.37. The number of carbonyl (C=O) groups is 1. The number of halogens is 2. The maximum atomic E-state index is 12.2. The molecule has 1 aromatic heterocycles. The Bertz CT molecular complexity index is 732. The zero-order valence-corrected chi connectivity index (χ0v) is 18.6. The van der Waals surface area contributed by atoms with Crippen LogP contribution >= 0.6 is 24.8 Å². The first-order chi connectivity index (χ1) is 13.1. The number of nitrogens with one attached hydrogen (secondary N) is 2. The van der Waals surface area contributed by atoms with E-state index in [0.717, 1.165) is 37.3 Å². The molecule has 0 radical (unpaired) electrons. The van der Waals surface area contributed by atoms with Gasteiger partial charge in [0.25, 0.3) is 0 Å². The van der Waals surface area contributed by atoms with Gasteiger partial charge in [0, 0.05) is 19.0 Å². The summed E-state index contributed by atoms with van der Waals surface area (Å²) < 4.78 is 1.76. The van der Waals surface area contributed by atoms with Crippen LogP contribution in [-0.2, 0) is 11.2 Å². The summed E-state index contributed by atoms with van der Waals surface area (Å²) in [6.45, 7) is 5.04. The molecule has 0 spiro atoms. The minimum absolute atomic E-state index is 0. The molecular weight excluding hydrogens is 409 g/mol. The predicted molar refractivity (Wildman–Crippen MR) is 123 cm³/mol. The molecule has 2 aromatic rings. The number of anilines is 1. The summed E-state index contributed by atoms with van der Waals surface area (Å²) in [5.74, 6) is 1.92. The van der Waals surface area contributed by atoms with Gasteiger partial charge in [-0.25, -0.2) is 4.68 Å². The molecule has 1 aliphatic heterocycles. The van der Waals surface area contributed by atoms with Crippen LogP contribution in [0.3, 0.4) is 0 Å². The first-order valence-corrected chi connectivity index (χ1v) is 10.0. The van der Waals surface area contributed by atoms with Crippen molar-refractivity contribution < 1.29 is 4.79 Å². The van der Waals surface area contributed by atoms with Gasteiger partial charge in [-0.15, -0.1) is 24.8 Å². The van der Waals surface area contributed by atoms with Crippen LogP contribution in [0.15, 0.2) is 36.4 Å². The molecule has 0 bridgehead atoms. The van der Waals surface area contributed by atoms with Gasteiger partial charge in [0.2, 0.25) is 5.91 Å². The second-order valence-electron chi connectivity index (χ2n) is 7.53. The molecule has 1 atom stereocenters. The standard InChI is InChI=1S/C21H31N5O.2ClH/c1-16(17-9-12-23-13-10-17)14-21(27)24-11-5-6-18-15-20(22)26(25-18)19-7-3-2-4-8-19;;/h2-4,7-8,15-17,23H,5-6,9-14,22H2,1H3,(H,24,27);2*1H. The van der Waals surface area contributed by atoms with Crippen molar-refractivity contribution in [3.8, 4) is 5.69 Å². The lowest BCUT2D eigenvalue weighted by atomic mass is 9.84. The Morgan fingerprint density at radius 3 is 2.66 bits per heavy atom. The van der Waals surface area contributed by atoms with Gasteiger partial charge in [-0.2, -0.15) is 5.10 Å². The number of aromatic nitrogens is 2. The highest BCUT2D eigenvalue weighted by molar-refractivity contribution is 5.85. The Labute approximate surface area is 185 Å². The Hall–Kier alpha value is -1.76. The first-order valence-electron chi connectivity index (χ1n) is 10.0. The van der Waals surface area contributed by atoms with E-state index in [2.05, 4.69) is 22.7 Å². The lowest BCUT2D eigenvalue weighted by Crippen LogP contribution is -2.33. The fourth-order valence-electron chi connectivity index (χ4n) is 3.79. The molecule has 1 saturated heterocycles. The number of nitrogens with zero attached hydrogens (tertiary/aromatic N) is 2. The highest BCUT2D eigenvalue weighted by Crippen LogP contribution is 2.24. The number of para-hydroxylation sites is 1. The number of hydrogen-bond donors (Lipinski definition) is 3. The quantitative estimate of drug-likeness (QED) is 0.548. The highest BCUT2D eigenvalue weighted by Gasteiger charge is 2.21. The van der Waals surface area contributed by atoms with Gasteiger partial charge in [-0.3, -0.25) is 4.79 Å². The lowest BCUT2D eigenvalue weighted by Gasteiger charge is -2.27. The fourth-order valence-corrected chi connectivity index (χ4v) is 3.79. The minimum atomic E-state index is 0. The summed E-state index contributed by atoms with van der Waals surface area (Å²) in [6.07, 6.45) is 4.65. The molecule has 8 heteroatoms. The molecule has 6 nitrogen and oxygen atoms in total. The maximum absolute atomic E-state index is 12.2. The molecule has 1 amide bonds. The molecule has 1 aromatic carbocycles. The number of amides is 1. The monoisotopic (exact) mass is 441 g/mol. The van der Waals surface area contributed by atoms with Crippen molar-refractivity contribution in [2.45, 2.75) is 39.0 Å². The van der Waals surface area contributed by atoms with Gasteiger partial charge < -0.3 is 16.4 Å². The van der Waals surface area contributed by atoms with Crippen LogP contribution < -0.4 is 16.4 Å². The van der Waals surface area contributed by atoms with E-state index in [1.807, 2.05) is 36.4 Å². The molecule has 1 aliphatic rings. The first kappa shape index (κ1) is 25.3. The number of nitrogen functional groups attached to an aromatic ring is 1. The Balaban J connectivity index is 0.00000210. The maximum Gasteiger partial charge on any atom is 0.220 e. The van der Waals surface area contributed by atoms with Gasteiger partial charge in [0.15, 0.2) is 0 Å². The van der Waals surface area contributed by atoms with Crippen molar-refractivity contribution in [1.82, 2.24) is 20.4 Å². The van der Waals surface area contributed by atoms with E-state index < -0.39 is 0 Å². The van der Waals surface area contributed by atoms with Gasteiger partial charge >= 0.3 is 0 Å². The number of nitrogens with two attached hydrogens (primary N) is 1. The second kappa shape index (κ2) is 12.7. The normalized spacial score (nSPS) is 15.1. The number of piperidine rings is 1. The third-order valence-corrected chi connectivity index (χ3v) is 5.42. The molecule has 0 aliphatic carbocycles. The van der Waals surface area contributed by atoms with E-state index in [1.54, 1.807) is 4.68 Å². The molecule has 1 fully saturated rings. The summed E-state index contributed by atoms with van der Waals surface area (Å²) in [7, 11) is 0. The zero-order valence-electron chi connectivity index (χ0n) is 17.0. The van der Waals surface area contributed by atoms with E-state index in [9.17, 15) is 4.79 Å². The fraction of sp³-hybridized carbons (Fsp3) is 0.524. The zero-order chi connectivity index (χ0) is 19.1. The summed E-state index contributed by atoms with van der Waals surface area (Å²) >= 11 is 0. The van der Waals surface area contributed by atoms with Crippen LogP contribution in [0.25, 0.3) is 5.69 Å². The van der Waals surface area contributed by atoms with Crippen molar-refractivity contribution in [2.24, 2.45) is 11.8 Å². The number of hydrogen-bond acceptors (Lipinski definition) is 4. The molecule has 29 heavy (non-hydrogen) atoms. The molecule has 3 rings (SSSR count). The molecule has 0 saturated carbocycles. The van der Waals surface area contributed by atoms with Crippen molar-refractivity contribution in [2.75, 3.05) is 25.4 Å².